The molecule has 0 fully saturated rings. The monoisotopic (exact) mass is 406 g/mol. The first-order chi connectivity index (χ1) is 14.6. The molecule has 3 rings (SSSR count). The molecule has 2 aromatic heterocycles. The molecular weight excluding hydrogens is 376 g/mol. The van der Waals surface area contributed by atoms with E-state index in [1.54, 1.807) is 12.5 Å². The fourth-order valence-corrected chi connectivity index (χ4v) is 3.40. The van der Waals surface area contributed by atoms with Crippen molar-refractivity contribution in [2.24, 2.45) is 0 Å². The zero-order valence-electron chi connectivity index (χ0n) is 17.6. The predicted molar refractivity (Wildman–Crippen MR) is 122 cm³/mol. The highest BCUT2D eigenvalue weighted by Crippen LogP contribution is 2.27. The van der Waals surface area contributed by atoms with Gasteiger partial charge in [-0.3, -0.25) is 0 Å². The van der Waals surface area contributed by atoms with E-state index < -0.39 is 0 Å². The maximum absolute atomic E-state index is 7.71. The summed E-state index contributed by atoms with van der Waals surface area (Å²) in [5, 5.41) is 14.3. The lowest BCUT2D eigenvalue weighted by Crippen LogP contribution is -2.15. The van der Waals surface area contributed by atoms with E-state index in [0.717, 1.165) is 42.2 Å². The summed E-state index contributed by atoms with van der Waals surface area (Å²) in [7, 11) is 0. The quantitative estimate of drug-likeness (QED) is 0.365. The molecule has 3 aromatic rings. The van der Waals surface area contributed by atoms with E-state index in [4.69, 9.17) is 10.1 Å². The number of hydrogen-bond donors (Lipinski definition) is 3. The van der Waals surface area contributed by atoms with E-state index in [-0.39, 0.29) is 0 Å². The van der Waals surface area contributed by atoms with Crippen molar-refractivity contribution in [1.82, 2.24) is 14.1 Å². The highest BCUT2D eigenvalue weighted by atomic mass is 16.5. The molecule has 0 radical (unpaired) electrons. The Morgan fingerprint density at radius 2 is 2.07 bits per heavy atom. The van der Waals surface area contributed by atoms with Crippen LogP contribution in [0, 0.1) is 5.41 Å². The first-order valence-corrected chi connectivity index (χ1v) is 10.3. The Bertz CT molecular complexity index is 956. The summed E-state index contributed by atoms with van der Waals surface area (Å²) >= 11 is 0. The Morgan fingerprint density at radius 3 is 2.77 bits per heavy atom. The van der Waals surface area contributed by atoms with E-state index in [1.807, 2.05) is 47.3 Å². The van der Waals surface area contributed by atoms with Crippen LogP contribution in [0.4, 0.5) is 11.5 Å². The first kappa shape index (κ1) is 21.2. The molecule has 7 heteroatoms. The van der Waals surface area contributed by atoms with Crippen LogP contribution in [-0.4, -0.2) is 26.9 Å². The maximum Gasteiger partial charge on any atom is 0.121 e. The van der Waals surface area contributed by atoms with Crippen LogP contribution < -0.4 is 15.4 Å². The van der Waals surface area contributed by atoms with Crippen LogP contribution in [0.2, 0.25) is 0 Å². The van der Waals surface area contributed by atoms with Gasteiger partial charge in [-0.25, -0.2) is 4.98 Å². The van der Waals surface area contributed by atoms with Crippen molar-refractivity contribution in [3.63, 3.8) is 0 Å². The number of anilines is 2. The molecule has 0 spiro atoms. The average Bonchev–Trinajstić information content (AvgIpc) is 3.40. The third kappa shape index (κ3) is 5.31. The summed E-state index contributed by atoms with van der Waals surface area (Å²) < 4.78 is 10.0. The molecule has 0 amide bonds. The number of imidazole rings is 1. The van der Waals surface area contributed by atoms with Crippen molar-refractivity contribution in [3.8, 4) is 5.75 Å². The molecular formula is C23H30N6O. The van der Waals surface area contributed by atoms with Crippen molar-refractivity contribution in [1.29, 1.82) is 5.41 Å². The van der Waals surface area contributed by atoms with Gasteiger partial charge in [-0.15, -0.1) is 0 Å². The molecule has 2 heterocycles. The first-order valence-electron chi connectivity index (χ1n) is 10.3. The standard InChI is InChI=1S/C23H30N6O/c1-4-21(5-2)29-11-9-19(16-24)23(29)27-18(3)26-20-7-6-8-22(15-20)30-14-13-28-12-10-25-17-28/h6-12,15-17,21,24,26-27H,3-5,13-14H2,1-2H3. The molecule has 0 bridgehead atoms. The van der Waals surface area contributed by atoms with Crippen LogP contribution >= 0.6 is 0 Å². The van der Waals surface area contributed by atoms with Gasteiger partial charge in [-0.05, 0) is 31.0 Å². The van der Waals surface area contributed by atoms with Crippen LogP contribution in [0.5, 0.6) is 5.75 Å². The van der Waals surface area contributed by atoms with Gasteiger partial charge >= 0.3 is 0 Å². The number of benzene rings is 1. The van der Waals surface area contributed by atoms with Gasteiger partial charge in [0.25, 0.3) is 0 Å². The zero-order chi connectivity index (χ0) is 21.3. The molecule has 1 aromatic carbocycles. The molecule has 158 valence electrons. The topological polar surface area (TPSA) is 79.9 Å². The third-order valence-electron chi connectivity index (χ3n) is 5.01. The summed E-state index contributed by atoms with van der Waals surface area (Å²) in [4.78, 5) is 4.03. The van der Waals surface area contributed by atoms with Crippen LogP contribution in [0.15, 0.2) is 67.6 Å². The van der Waals surface area contributed by atoms with Crippen molar-refractivity contribution >= 4 is 17.7 Å². The van der Waals surface area contributed by atoms with E-state index >= 15 is 0 Å². The minimum atomic E-state index is 0.376. The van der Waals surface area contributed by atoms with Crippen molar-refractivity contribution in [2.45, 2.75) is 39.3 Å². The second kappa shape index (κ2) is 10.3. The molecule has 7 nitrogen and oxygen atoms in total. The molecule has 0 saturated heterocycles. The van der Waals surface area contributed by atoms with Gasteiger partial charge in [0.2, 0.25) is 0 Å². The average molecular weight is 407 g/mol. The second-order valence-corrected chi connectivity index (χ2v) is 7.05. The van der Waals surface area contributed by atoms with Crippen molar-refractivity contribution in [2.75, 3.05) is 17.2 Å². The van der Waals surface area contributed by atoms with Gasteiger partial charge < -0.3 is 29.9 Å². The molecule has 30 heavy (non-hydrogen) atoms. The number of ether oxygens (including phenoxy) is 1. The van der Waals surface area contributed by atoms with E-state index in [9.17, 15) is 0 Å². The minimum absolute atomic E-state index is 0.376. The molecule has 0 atom stereocenters. The van der Waals surface area contributed by atoms with Crippen LogP contribution in [0.3, 0.4) is 0 Å². The fraction of sp³-hybridized carbons (Fsp3) is 0.304. The lowest BCUT2D eigenvalue weighted by Gasteiger charge is -2.21. The summed E-state index contributed by atoms with van der Waals surface area (Å²) in [6, 6.07) is 10.1. The molecule has 0 aliphatic rings. The normalized spacial score (nSPS) is 10.8. The molecule has 0 saturated carbocycles. The summed E-state index contributed by atoms with van der Waals surface area (Å²) in [6.45, 7) is 9.77. The minimum Gasteiger partial charge on any atom is -0.492 e. The lowest BCUT2D eigenvalue weighted by atomic mass is 10.1. The Hall–Kier alpha value is -3.48. The Morgan fingerprint density at radius 1 is 1.23 bits per heavy atom. The van der Waals surface area contributed by atoms with E-state index in [1.165, 1.54) is 6.21 Å². The number of nitrogens with one attached hydrogen (secondary N) is 3. The zero-order valence-corrected chi connectivity index (χ0v) is 17.6. The Kier molecular flexibility index (Phi) is 7.32. The van der Waals surface area contributed by atoms with Gasteiger partial charge in [0.15, 0.2) is 0 Å². The highest BCUT2D eigenvalue weighted by Gasteiger charge is 2.14. The molecule has 0 aliphatic carbocycles. The summed E-state index contributed by atoms with van der Waals surface area (Å²) in [5.41, 5.74) is 1.71. The molecule has 0 unspecified atom stereocenters. The fourth-order valence-electron chi connectivity index (χ4n) is 3.40. The van der Waals surface area contributed by atoms with Gasteiger partial charge in [0, 0.05) is 48.2 Å². The SMILES string of the molecule is C=C(Nc1cccc(OCCn2ccnc2)c1)Nc1c(C=N)ccn1C(CC)CC. The van der Waals surface area contributed by atoms with E-state index in [0.29, 0.717) is 18.5 Å². The maximum atomic E-state index is 7.71. The smallest absolute Gasteiger partial charge is 0.121 e. The van der Waals surface area contributed by atoms with Crippen LogP contribution in [-0.2, 0) is 6.54 Å². The van der Waals surface area contributed by atoms with Gasteiger partial charge in [0.05, 0.1) is 12.9 Å². The number of hydrogen-bond acceptors (Lipinski definition) is 5. The van der Waals surface area contributed by atoms with Crippen molar-refractivity contribution < 1.29 is 4.74 Å². The molecule has 3 N–H and O–H groups in total. The lowest BCUT2D eigenvalue weighted by molar-refractivity contribution is 0.298. The van der Waals surface area contributed by atoms with Crippen LogP contribution in [0.1, 0.15) is 38.3 Å². The number of aromatic nitrogens is 3. The van der Waals surface area contributed by atoms with Gasteiger partial charge in [-0.2, -0.15) is 0 Å². The molecule has 0 aliphatic heterocycles. The van der Waals surface area contributed by atoms with Crippen molar-refractivity contribution in [3.05, 3.63) is 73.2 Å². The Balaban J connectivity index is 1.62. The summed E-state index contributed by atoms with van der Waals surface area (Å²) in [6.07, 6.45) is 10.9. The largest absolute Gasteiger partial charge is 0.492 e. The van der Waals surface area contributed by atoms with E-state index in [2.05, 4.69) is 40.6 Å². The highest BCUT2D eigenvalue weighted by molar-refractivity contribution is 5.85. The summed E-state index contributed by atoms with van der Waals surface area (Å²) in [5.74, 6) is 2.30. The van der Waals surface area contributed by atoms with Gasteiger partial charge in [-0.1, -0.05) is 26.5 Å². The Labute approximate surface area is 177 Å². The number of rotatable bonds is 12. The number of nitrogens with zero attached hydrogens (tertiary/aromatic N) is 3. The third-order valence-corrected chi connectivity index (χ3v) is 5.01. The van der Waals surface area contributed by atoms with Gasteiger partial charge in [0.1, 0.15) is 24.0 Å². The van der Waals surface area contributed by atoms with Crippen LogP contribution in [0.25, 0.3) is 0 Å². The second-order valence-electron chi connectivity index (χ2n) is 7.05. The predicted octanol–water partition coefficient (Wildman–Crippen LogP) is 5.12.